The molecule has 1 aromatic carbocycles. The van der Waals surface area contributed by atoms with E-state index in [4.69, 9.17) is 0 Å². The quantitative estimate of drug-likeness (QED) is 0.826. The van der Waals surface area contributed by atoms with Gasteiger partial charge in [-0.25, -0.2) is 0 Å². The maximum Gasteiger partial charge on any atom is 0.224 e. The lowest BCUT2D eigenvalue weighted by Gasteiger charge is -2.11. The van der Waals surface area contributed by atoms with Gasteiger partial charge in [-0.05, 0) is 37.8 Å². The molecule has 1 aromatic rings. The minimum Gasteiger partial charge on any atom is -0.325 e. The molecule has 1 saturated carbocycles. The molecule has 18 heavy (non-hydrogen) atoms. The van der Waals surface area contributed by atoms with Crippen molar-refractivity contribution < 1.29 is 9.59 Å². The fourth-order valence-electron chi connectivity index (χ4n) is 2.58. The molecule has 1 aliphatic rings. The van der Waals surface area contributed by atoms with E-state index in [1.165, 1.54) is 19.8 Å². The summed E-state index contributed by atoms with van der Waals surface area (Å²) in [5.74, 6) is 0.525. The Morgan fingerprint density at radius 2 is 1.89 bits per heavy atom. The number of hydrogen-bond donors (Lipinski definition) is 1. The highest BCUT2D eigenvalue weighted by Crippen LogP contribution is 2.28. The van der Waals surface area contributed by atoms with E-state index in [0.717, 1.165) is 12.8 Å². The molecule has 0 radical (unpaired) electrons. The monoisotopic (exact) mass is 245 g/mol. The van der Waals surface area contributed by atoms with Crippen LogP contribution < -0.4 is 5.32 Å². The highest BCUT2D eigenvalue weighted by Gasteiger charge is 2.19. The maximum absolute atomic E-state index is 11.9. The van der Waals surface area contributed by atoms with E-state index >= 15 is 0 Å². The lowest BCUT2D eigenvalue weighted by molar-refractivity contribution is -0.117. The number of carbonyl (C=O) groups is 2. The normalized spacial score (nSPS) is 15.6. The molecule has 0 spiro atoms. The molecule has 1 aliphatic carbocycles. The Hall–Kier alpha value is -1.64. The summed E-state index contributed by atoms with van der Waals surface area (Å²) < 4.78 is 0. The summed E-state index contributed by atoms with van der Waals surface area (Å²) >= 11 is 0. The number of anilines is 1. The third-order valence-corrected chi connectivity index (χ3v) is 3.53. The lowest BCUT2D eigenvalue weighted by Crippen LogP contribution is -2.16. The van der Waals surface area contributed by atoms with Gasteiger partial charge in [0.2, 0.25) is 5.91 Å². The number of hydrogen-bond acceptors (Lipinski definition) is 2. The summed E-state index contributed by atoms with van der Waals surface area (Å²) in [6.07, 6.45) is 5.36. The number of rotatable bonds is 4. The first-order valence-electron chi connectivity index (χ1n) is 6.56. The van der Waals surface area contributed by atoms with Crippen molar-refractivity contribution in [3.8, 4) is 0 Å². The summed E-state index contributed by atoms with van der Waals surface area (Å²) in [5, 5.41) is 2.86. The molecule has 3 heteroatoms. The van der Waals surface area contributed by atoms with Gasteiger partial charge in [0.1, 0.15) is 0 Å². The summed E-state index contributed by atoms with van der Waals surface area (Å²) in [7, 11) is 0. The highest BCUT2D eigenvalue weighted by atomic mass is 16.1. The van der Waals surface area contributed by atoms with Crippen molar-refractivity contribution in [3.05, 3.63) is 29.8 Å². The lowest BCUT2D eigenvalue weighted by atomic mass is 10.0. The van der Waals surface area contributed by atoms with Crippen LogP contribution in [-0.4, -0.2) is 11.7 Å². The van der Waals surface area contributed by atoms with Crippen LogP contribution in [0.5, 0.6) is 0 Å². The third kappa shape index (κ3) is 3.19. The van der Waals surface area contributed by atoms with Crippen LogP contribution >= 0.6 is 0 Å². The van der Waals surface area contributed by atoms with E-state index in [9.17, 15) is 9.59 Å². The van der Waals surface area contributed by atoms with Gasteiger partial charge in [-0.2, -0.15) is 0 Å². The molecule has 2 rings (SSSR count). The number of ketones is 1. The van der Waals surface area contributed by atoms with Crippen LogP contribution in [0.3, 0.4) is 0 Å². The van der Waals surface area contributed by atoms with Crippen molar-refractivity contribution in [3.63, 3.8) is 0 Å². The predicted molar refractivity (Wildman–Crippen MR) is 71.7 cm³/mol. The first-order chi connectivity index (χ1) is 8.66. The van der Waals surface area contributed by atoms with Crippen LogP contribution in [-0.2, 0) is 4.79 Å². The minimum absolute atomic E-state index is 0.0215. The van der Waals surface area contributed by atoms with Gasteiger partial charge in [0, 0.05) is 12.0 Å². The molecule has 1 amide bonds. The van der Waals surface area contributed by atoms with Crippen LogP contribution in [0.15, 0.2) is 24.3 Å². The zero-order valence-corrected chi connectivity index (χ0v) is 10.7. The molecule has 0 heterocycles. The van der Waals surface area contributed by atoms with Crippen molar-refractivity contribution in [2.75, 3.05) is 5.32 Å². The predicted octanol–water partition coefficient (Wildman–Crippen LogP) is 3.41. The summed E-state index contributed by atoms with van der Waals surface area (Å²) in [6.45, 7) is 1.52. The zero-order chi connectivity index (χ0) is 13.0. The standard InChI is InChI=1S/C15H19NO2/c1-11(17)13-8-4-5-9-14(13)16-15(18)10-12-6-2-3-7-12/h4-5,8-9,12H,2-3,6-7,10H2,1H3,(H,16,18). The van der Waals surface area contributed by atoms with E-state index in [2.05, 4.69) is 5.32 Å². The van der Waals surface area contributed by atoms with Gasteiger partial charge in [-0.15, -0.1) is 0 Å². The molecule has 0 aliphatic heterocycles. The molecular formula is C15H19NO2. The largest absolute Gasteiger partial charge is 0.325 e. The van der Waals surface area contributed by atoms with Crippen LogP contribution in [0.1, 0.15) is 49.4 Å². The van der Waals surface area contributed by atoms with E-state index in [-0.39, 0.29) is 11.7 Å². The van der Waals surface area contributed by atoms with Crippen LogP contribution in [0.2, 0.25) is 0 Å². The number of benzene rings is 1. The zero-order valence-electron chi connectivity index (χ0n) is 10.7. The van der Waals surface area contributed by atoms with Gasteiger partial charge in [0.15, 0.2) is 5.78 Å². The molecule has 3 nitrogen and oxygen atoms in total. The SMILES string of the molecule is CC(=O)c1ccccc1NC(=O)CC1CCCC1. The van der Waals surface area contributed by atoms with Gasteiger partial charge in [-0.1, -0.05) is 25.0 Å². The molecule has 0 bridgehead atoms. The third-order valence-electron chi connectivity index (χ3n) is 3.53. The second-order valence-electron chi connectivity index (χ2n) is 5.00. The van der Waals surface area contributed by atoms with Gasteiger partial charge in [0.05, 0.1) is 5.69 Å². The molecular weight excluding hydrogens is 226 g/mol. The van der Waals surface area contributed by atoms with Gasteiger partial charge < -0.3 is 5.32 Å². The molecule has 0 aromatic heterocycles. The first-order valence-corrected chi connectivity index (χ1v) is 6.56. The van der Waals surface area contributed by atoms with Gasteiger partial charge >= 0.3 is 0 Å². The topological polar surface area (TPSA) is 46.2 Å². The van der Waals surface area contributed by atoms with Crippen molar-refractivity contribution in [2.24, 2.45) is 5.92 Å². The smallest absolute Gasteiger partial charge is 0.224 e. The molecule has 96 valence electrons. The Morgan fingerprint density at radius 3 is 2.56 bits per heavy atom. The van der Waals surface area contributed by atoms with Crippen molar-refractivity contribution >= 4 is 17.4 Å². The van der Waals surface area contributed by atoms with E-state index < -0.39 is 0 Å². The Balaban J connectivity index is 2.00. The van der Waals surface area contributed by atoms with Crippen LogP contribution in [0.25, 0.3) is 0 Å². The Morgan fingerprint density at radius 1 is 1.22 bits per heavy atom. The second-order valence-corrected chi connectivity index (χ2v) is 5.00. The van der Waals surface area contributed by atoms with Gasteiger partial charge in [-0.3, -0.25) is 9.59 Å². The first kappa shape index (κ1) is 12.8. The van der Waals surface area contributed by atoms with Crippen LogP contribution in [0, 0.1) is 5.92 Å². The number of amides is 1. The molecule has 1 N–H and O–H groups in total. The van der Waals surface area contributed by atoms with Crippen molar-refractivity contribution in [1.29, 1.82) is 0 Å². The molecule has 1 fully saturated rings. The Bertz CT molecular complexity index is 448. The summed E-state index contributed by atoms with van der Waals surface area (Å²) in [4.78, 5) is 23.4. The number of para-hydroxylation sites is 1. The minimum atomic E-state index is -0.0215. The fourth-order valence-corrected chi connectivity index (χ4v) is 2.58. The van der Waals surface area contributed by atoms with Gasteiger partial charge in [0.25, 0.3) is 0 Å². The van der Waals surface area contributed by atoms with E-state index in [1.54, 1.807) is 12.1 Å². The highest BCUT2D eigenvalue weighted by molar-refractivity contribution is 6.03. The molecule has 0 unspecified atom stereocenters. The van der Waals surface area contributed by atoms with Crippen molar-refractivity contribution in [2.45, 2.75) is 39.0 Å². The van der Waals surface area contributed by atoms with E-state index in [1.807, 2.05) is 12.1 Å². The summed E-state index contributed by atoms with van der Waals surface area (Å²) in [5.41, 5.74) is 1.21. The second kappa shape index (κ2) is 5.80. The average molecular weight is 245 g/mol. The maximum atomic E-state index is 11.9. The van der Waals surface area contributed by atoms with E-state index in [0.29, 0.717) is 23.6 Å². The molecule has 0 atom stereocenters. The Labute approximate surface area is 108 Å². The average Bonchev–Trinajstić information content (AvgIpc) is 2.82. The fraction of sp³-hybridized carbons (Fsp3) is 0.467. The van der Waals surface area contributed by atoms with Crippen LogP contribution in [0.4, 0.5) is 5.69 Å². The number of carbonyl (C=O) groups excluding carboxylic acids is 2. The van der Waals surface area contributed by atoms with Crippen molar-refractivity contribution in [1.82, 2.24) is 0 Å². The number of Topliss-reactive ketones (excluding diaryl/α,β-unsaturated/α-hetero) is 1. The number of nitrogens with one attached hydrogen (secondary N) is 1. The Kier molecular flexibility index (Phi) is 4.13. The summed E-state index contributed by atoms with van der Waals surface area (Å²) in [6, 6.07) is 7.16. The molecule has 0 saturated heterocycles.